The van der Waals surface area contributed by atoms with Crippen molar-refractivity contribution in [2.75, 3.05) is 10.0 Å². The molecule has 3 rings (SSSR count). The van der Waals surface area contributed by atoms with Gasteiger partial charge in [-0.25, -0.2) is 8.42 Å². The van der Waals surface area contributed by atoms with Crippen molar-refractivity contribution >= 4 is 27.3 Å². The first-order chi connectivity index (χ1) is 11.5. The molecule has 1 aromatic carbocycles. The van der Waals surface area contributed by atoms with E-state index < -0.39 is 10.0 Å². The van der Waals surface area contributed by atoms with Crippen molar-refractivity contribution in [2.45, 2.75) is 37.0 Å². The van der Waals surface area contributed by atoms with Gasteiger partial charge in [0.25, 0.3) is 10.0 Å². The van der Waals surface area contributed by atoms with Crippen LogP contribution in [0, 0.1) is 5.92 Å². The molecule has 0 spiro atoms. The maximum absolute atomic E-state index is 12.3. The summed E-state index contributed by atoms with van der Waals surface area (Å²) in [7, 11) is -3.69. The topological polar surface area (TPSA) is 104 Å². The third-order valence-electron chi connectivity index (χ3n) is 4.14. The summed E-state index contributed by atoms with van der Waals surface area (Å²) in [6, 6.07) is 6.69. The Kier molecular flexibility index (Phi) is 4.84. The average molecular weight is 348 g/mol. The van der Waals surface area contributed by atoms with Gasteiger partial charge in [0.15, 0.2) is 0 Å². The normalized spacial score (nSPS) is 15.8. The molecule has 128 valence electrons. The summed E-state index contributed by atoms with van der Waals surface area (Å²) in [4.78, 5) is 12.3. The minimum atomic E-state index is -3.69. The highest BCUT2D eigenvalue weighted by Crippen LogP contribution is 2.26. The number of H-pyrrole nitrogens is 1. The summed E-state index contributed by atoms with van der Waals surface area (Å²) < 4.78 is 26.8. The van der Waals surface area contributed by atoms with Crippen LogP contribution in [0.4, 0.5) is 11.4 Å². The molecule has 1 aromatic heterocycles. The lowest BCUT2D eigenvalue weighted by atomic mass is 9.88. The Morgan fingerprint density at radius 3 is 2.62 bits per heavy atom. The number of nitrogens with zero attached hydrogens (tertiary/aromatic N) is 1. The molecular formula is C16H20N4O3S. The van der Waals surface area contributed by atoms with E-state index in [-0.39, 0.29) is 16.7 Å². The zero-order chi connectivity index (χ0) is 17.0. The lowest BCUT2D eigenvalue weighted by Gasteiger charge is -2.20. The number of benzene rings is 1. The molecule has 1 aliphatic rings. The minimum absolute atomic E-state index is 0.00421. The van der Waals surface area contributed by atoms with E-state index in [0.717, 1.165) is 25.7 Å². The van der Waals surface area contributed by atoms with E-state index in [1.807, 2.05) is 0 Å². The SMILES string of the molecule is O=C(Nc1cccc(NS(=O)(=O)c2cn[nH]c2)c1)C1CCCCC1. The number of aromatic nitrogens is 2. The van der Waals surface area contributed by atoms with Crippen LogP contribution in [0.2, 0.25) is 0 Å². The summed E-state index contributed by atoms with van der Waals surface area (Å²) in [5.74, 6) is 0.0505. The maximum Gasteiger partial charge on any atom is 0.265 e. The number of hydrogen-bond donors (Lipinski definition) is 3. The van der Waals surface area contributed by atoms with Gasteiger partial charge in [0, 0.05) is 17.8 Å². The number of aromatic amines is 1. The van der Waals surface area contributed by atoms with Crippen LogP contribution < -0.4 is 10.0 Å². The van der Waals surface area contributed by atoms with E-state index in [1.54, 1.807) is 24.3 Å². The van der Waals surface area contributed by atoms with E-state index >= 15 is 0 Å². The second-order valence-electron chi connectivity index (χ2n) is 5.94. The Labute approximate surface area is 140 Å². The summed E-state index contributed by atoms with van der Waals surface area (Å²) in [5.41, 5.74) is 0.968. The summed E-state index contributed by atoms with van der Waals surface area (Å²) in [6.45, 7) is 0. The van der Waals surface area contributed by atoms with Gasteiger partial charge in [-0.15, -0.1) is 0 Å². The van der Waals surface area contributed by atoms with Crippen LogP contribution in [-0.2, 0) is 14.8 Å². The van der Waals surface area contributed by atoms with Gasteiger partial charge >= 0.3 is 0 Å². The molecule has 0 bridgehead atoms. The van der Waals surface area contributed by atoms with E-state index in [2.05, 4.69) is 20.2 Å². The first-order valence-electron chi connectivity index (χ1n) is 7.97. The van der Waals surface area contributed by atoms with Crippen LogP contribution in [0.15, 0.2) is 41.6 Å². The number of hydrogen-bond acceptors (Lipinski definition) is 4. The Balaban J connectivity index is 1.69. The molecule has 0 unspecified atom stereocenters. The number of rotatable bonds is 5. The van der Waals surface area contributed by atoms with Crippen LogP contribution in [0.1, 0.15) is 32.1 Å². The molecule has 1 heterocycles. The number of carbonyl (C=O) groups excluding carboxylic acids is 1. The number of amides is 1. The first kappa shape index (κ1) is 16.5. The summed E-state index contributed by atoms with van der Waals surface area (Å²) >= 11 is 0. The smallest absolute Gasteiger partial charge is 0.265 e. The van der Waals surface area contributed by atoms with E-state index in [0.29, 0.717) is 11.4 Å². The quantitative estimate of drug-likeness (QED) is 0.773. The summed E-state index contributed by atoms with van der Waals surface area (Å²) in [6.07, 6.45) is 7.73. The Bertz CT molecular complexity index is 796. The average Bonchev–Trinajstić information content (AvgIpc) is 3.11. The molecule has 3 N–H and O–H groups in total. The van der Waals surface area contributed by atoms with E-state index in [1.165, 1.54) is 18.8 Å². The predicted molar refractivity (Wildman–Crippen MR) is 91.0 cm³/mol. The molecule has 1 fully saturated rings. The van der Waals surface area contributed by atoms with Crippen molar-refractivity contribution in [1.82, 2.24) is 10.2 Å². The highest BCUT2D eigenvalue weighted by Gasteiger charge is 2.21. The number of anilines is 2. The standard InChI is InChI=1S/C16H20N4O3S/c21-16(12-5-2-1-3-6-12)19-13-7-4-8-14(9-13)20-24(22,23)15-10-17-18-11-15/h4,7-12,20H,1-3,5-6H2,(H,17,18)(H,19,21). The molecule has 2 aromatic rings. The van der Waals surface area contributed by atoms with Gasteiger partial charge in [-0.05, 0) is 31.0 Å². The third kappa shape index (κ3) is 3.94. The molecule has 0 radical (unpaired) electrons. The van der Waals surface area contributed by atoms with Crippen LogP contribution in [0.3, 0.4) is 0 Å². The first-order valence-corrected chi connectivity index (χ1v) is 9.45. The van der Waals surface area contributed by atoms with Crippen molar-refractivity contribution in [3.8, 4) is 0 Å². The Hall–Kier alpha value is -2.35. The largest absolute Gasteiger partial charge is 0.326 e. The lowest BCUT2D eigenvalue weighted by Crippen LogP contribution is -2.24. The van der Waals surface area contributed by atoms with Crippen LogP contribution in [-0.4, -0.2) is 24.5 Å². The second kappa shape index (κ2) is 7.04. The van der Waals surface area contributed by atoms with Crippen LogP contribution in [0.5, 0.6) is 0 Å². The molecule has 1 aliphatic carbocycles. The molecule has 8 heteroatoms. The van der Waals surface area contributed by atoms with Gasteiger partial charge in [-0.1, -0.05) is 25.3 Å². The fraction of sp³-hybridized carbons (Fsp3) is 0.375. The number of sulfonamides is 1. The maximum atomic E-state index is 12.3. The number of nitrogens with one attached hydrogen (secondary N) is 3. The number of carbonyl (C=O) groups is 1. The molecular weight excluding hydrogens is 328 g/mol. The van der Waals surface area contributed by atoms with Crippen molar-refractivity contribution in [1.29, 1.82) is 0 Å². The molecule has 0 saturated heterocycles. The van der Waals surface area contributed by atoms with Gasteiger partial charge in [0.1, 0.15) is 4.90 Å². The summed E-state index contributed by atoms with van der Waals surface area (Å²) in [5, 5.41) is 8.99. The van der Waals surface area contributed by atoms with E-state index in [9.17, 15) is 13.2 Å². The van der Waals surface area contributed by atoms with Crippen molar-refractivity contribution in [2.24, 2.45) is 5.92 Å². The van der Waals surface area contributed by atoms with Crippen LogP contribution in [0.25, 0.3) is 0 Å². The van der Waals surface area contributed by atoms with Crippen molar-refractivity contribution in [3.05, 3.63) is 36.7 Å². The molecule has 1 saturated carbocycles. The molecule has 24 heavy (non-hydrogen) atoms. The highest BCUT2D eigenvalue weighted by molar-refractivity contribution is 7.92. The van der Waals surface area contributed by atoms with Gasteiger partial charge in [-0.2, -0.15) is 5.10 Å². The molecule has 0 atom stereocenters. The zero-order valence-electron chi connectivity index (χ0n) is 13.2. The van der Waals surface area contributed by atoms with Crippen LogP contribution >= 0.6 is 0 Å². The highest BCUT2D eigenvalue weighted by atomic mass is 32.2. The fourth-order valence-electron chi connectivity index (χ4n) is 2.87. The molecule has 1 amide bonds. The van der Waals surface area contributed by atoms with Gasteiger partial charge < -0.3 is 5.32 Å². The molecule has 7 nitrogen and oxygen atoms in total. The Morgan fingerprint density at radius 1 is 1.17 bits per heavy atom. The second-order valence-corrected chi connectivity index (χ2v) is 7.63. The van der Waals surface area contributed by atoms with Gasteiger partial charge in [0.2, 0.25) is 5.91 Å². The predicted octanol–water partition coefficient (Wildman–Crippen LogP) is 2.73. The Morgan fingerprint density at radius 2 is 1.92 bits per heavy atom. The van der Waals surface area contributed by atoms with Crippen molar-refractivity contribution in [3.63, 3.8) is 0 Å². The monoisotopic (exact) mass is 348 g/mol. The third-order valence-corrected chi connectivity index (χ3v) is 5.49. The van der Waals surface area contributed by atoms with Crippen molar-refractivity contribution < 1.29 is 13.2 Å². The zero-order valence-corrected chi connectivity index (χ0v) is 14.0. The van der Waals surface area contributed by atoms with Gasteiger partial charge in [0.05, 0.1) is 11.9 Å². The van der Waals surface area contributed by atoms with E-state index in [4.69, 9.17) is 0 Å². The molecule has 0 aliphatic heterocycles. The lowest BCUT2D eigenvalue weighted by molar-refractivity contribution is -0.120. The fourth-order valence-corrected chi connectivity index (χ4v) is 3.82. The minimum Gasteiger partial charge on any atom is -0.326 e. The van der Waals surface area contributed by atoms with Gasteiger partial charge in [-0.3, -0.25) is 14.6 Å².